The summed E-state index contributed by atoms with van der Waals surface area (Å²) in [7, 11) is 0. The van der Waals surface area contributed by atoms with Gasteiger partial charge in [-0.2, -0.15) is 0 Å². The first-order chi connectivity index (χ1) is 17.0. The number of nitrogens with one attached hydrogen (secondary N) is 1. The van der Waals surface area contributed by atoms with Gasteiger partial charge < -0.3 is 15.0 Å². The lowest BCUT2D eigenvalue weighted by molar-refractivity contribution is -0.142. The number of carbonyl (C=O) groups is 2. The second-order valence-corrected chi connectivity index (χ2v) is 9.16. The quantitative estimate of drug-likeness (QED) is 0.307. The van der Waals surface area contributed by atoms with Crippen LogP contribution in [0.1, 0.15) is 30.9 Å². The second kappa shape index (κ2) is 13.6. The molecule has 0 aliphatic heterocycles. The Morgan fingerprint density at radius 2 is 1.66 bits per heavy atom. The van der Waals surface area contributed by atoms with Crippen LogP contribution in [0.25, 0.3) is 0 Å². The summed E-state index contributed by atoms with van der Waals surface area (Å²) < 4.78 is 19.8. The molecule has 0 aliphatic rings. The van der Waals surface area contributed by atoms with Gasteiger partial charge >= 0.3 is 0 Å². The van der Waals surface area contributed by atoms with Crippen LogP contribution in [0.5, 0.6) is 5.75 Å². The highest BCUT2D eigenvalue weighted by molar-refractivity contribution is 9.10. The Bertz CT molecular complexity index is 1080. The number of halogens is 2. The molecule has 0 aliphatic carbocycles. The van der Waals surface area contributed by atoms with E-state index in [1.165, 1.54) is 24.3 Å². The Morgan fingerprint density at radius 1 is 0.971 bits per heavy atom. The first kappa shape index (κ1) is 26.4. The van der Waals surface area contributed by atoms with Gasteiger partial charge in [0.25, 0.3) is 5.91 Å². The SMILES string of the molecule is CCCCNC(=O)C(Cc1ccccc1)N(Cc1ccc(Br)cc1)C(=O)COc1ccc(F)cc1. The average molecular weight is 541 g/mol. The van der Waals surface area contributed by atoms with Gasteiger partial charge in [0.15, 0.2) is 6.61 Å². The Labute approximate surface area is 214 Å². The van der Waals surface area contributed by atoms with E-state index in [2.05, 4.69) is 28.2 Å². The molecule has 3 rings (SSSR count). The number of amides is 2. The number of hydrogen-bond donors (Lipinski definition) is 1. The Hall–Kier alpha value is -3.19. The molecule has 0 spiro atoms. The molecule has 2 amide bonds. The van der Waals surface area contributed by atoms with Crippen LogP contribution < -0.4 is 10.1 Å². The molecule has 0 aromatic heterocycles. The molecule has 1 unspecified atom stereocenters. The molecule has 0 bridgehead atoms. The standard InChI is InChI=1S/C28H30BrFN2O3/c1-2-3-17-31-28(34)26(18-21-7-5-4-6-8-21)32(19-22-9-11-23(29)12-10-22)27(33)20-35-25-15-13-24(30)14-16-25/h4-16,26H,2-3,17-20H2,1H3,(H,31,34). The number of benzene rings is 3. The minimum atomic E-state index is -0.720. The Kier molecular flexibility index (Phi) is 10.3. The number of nitrogens with zero attached hydrogens (tertiary/aromatic N) is 1. The summed E-state index contributed by atoms with van der Waals surface area (Å²) in [5, 5.41) is 2.99. The summed E-state index contributed by atoms with van der Waals surface area (Å²) >= 11 is 3.44. The fraction of sp³-hybridized carbons (Fsp3) is 0.286. The fourth-order valence-electron chi connectivity index (χ4n) is 3.61. The molecule has 35 heavy (non-hydrogen) atoms. The maximum Gasteiger partial charge on any atom is 0.261 e. The van der Waals surface area contributed by atoms with Gasteiger partial charge in [0, 0.05) is 24.0 Å². The third kappa shape index (κ3) is 8.51. The molecule has 3 aromatic rings. The van der Waals surface area contributed by atoms with Crippen molar-refractivity contribution >= 4 is 27.7 Å². The molecule has 0 heterocycles. The first-order valence-corrected chi connectivity index (χ1v) is 12.5. The van der Waals surface area contributed by atoms with Gasteiger partial charge in [-0.1, -0.05) is 71.7 Å². The van der Waals surface area contributed by atoms with E-state index in [4.69, 9.17) is 4.74 Å². The minimum Gasteiger partial charge on any atom is -0.484 e. The van der Waals surface area contributed by atoms with E-state index in [1.807, 2.05) is 54.6 Å². The molecule has 5 nitrogen and oxygen atoms in total. The van der Waals surface area contributed by atoms with Gasteiger partial charge in [-0.15, -0.1) is 0 Å². The van der Waals surface area contributed by atoms with Crippen LogP contribution in [0.15, 0.2) is 83.3 Å². The van der Waals surface area contributed by atoms with E-state index in [-0.39, 0.29) is 30.8 Å². The predicted octanol–water partition coefficient (Wildman–Crippen LogP) is 5.52. The van der Waals surface area contributed by atoms with Crippen LogP contribution in [0.3, 0.4) is 0 Å². The maximum atomic E-state index is 13.5. The lowest BCUT2D eigenvalue weighted by atomic mass is 10.0. The number of unbranched alkanes of at least 4 members (excludes halogenated alkanes) is 1. The van der Waals surface area contributed by atoms with Crippen molar-refractivity contribution in [1.29, 1.82) is 0 Å². The third-order valence-electron chi connectivity index (χ3n) is 5.54. The summed E-state index contributed by atoms with van der Waals surface area (Å²) in [5.74, 6) is -0.527. The zero-order valence-corrected chi connectivity index (χ0v) is 21.3. The molecule has 1 atom stereocenters. The smallest absolute Gasteiger partial charge is 0.261 e. The molecule has 0 saturated heterocycles. The van der Waals surface area contributed by atoms with E-state index in [9.17, 15) is 14.0 Å². The van der Waals surface area contributed by atoms with Crippen molar-refractivity contribution < 1.29 is 18.7 Å². The highest BCUT2D eigenvalue weighted by atomic mass is 79.9. The molecule has 184 valence electrons. The Morgan fingerprint density at radius 3 is 2.31 bits per heavy atom. The van der Waals surface area contributed by atoms with Gasteiger partial charge in [0.2, 0.25) is 5.91 Å². The normalized spacial score (nSPS) is 11.5. The first-order valence-electron chi connectivity index (χ1n) is 11.7. The highest BCUT2D eigenvalue weighted by Crippen LogP contribution is 2.18. The zero-order valence-electron chi connectivity index (χ0n) is 19.8. The van der Waals surface area contributed by atoms with E-state index in [0.29, 0.717) is 18.7 Å². The van der Waals surface area contributed by atoms with Gasteiger partial charge in [0.05, 0.1) is 0 Å². The van der Waals surface area contributed by atoms with Crippen molar-refractivity contribution in [1.82, 2.24) is 10.2 Å². The van der Waals surface area contributed by atoms with Crippen LogP contribution in [0, 0.1) is 5.82 Å². The Balaban J connectivity index is 1.86. The summed E-state index contributed by atoms with van der Waals surface area (Å²) in [6.07, 6.45) is 2.19. The van der Waals surface area contributed by atoms with Crippen LogP contribution in [-0.2, 0) is 22.6 Å². The fourth-order valence-corrected chi connectivity index (χ4v) is 3.87. The minimum absolute atomic E-state index is 0.199. The number of hydrogen-bond acceptors (Lipinski definition) is 3. The van der Waals surface area contributed by atoms with Gasteiger partial charge in [-0.3, -0.25) is 9.59 Å². The largest absolute Gasteiger partial charge is 0.484 e. The number of carbonyl (C=O) groups excluding carboxylic acids is 2. The topological polar surface area (TPSA) is 58.6 Å². The molecular formula is C28H30BrFN2O3. The lowest BCUT2D eigenvalue weighted by Crippen LogP contribution is -2.51. The van der Waals surface area contributed by atoms with Crippen molar-refractivity contribution in [2.45, 2.75) is 38.8 Å². The van der Waals surface area contributed by atoms with Gasteiger partial charge in [-0.25, -0.2) is 4.39 Å². The third-order valence-corrected chi connectivity index (χ3v) is 6.07. The summed E-state index contributed by atoms with van der Waals surface area (Å²) in [5.41, 5.74) is 1.85. The van der Waals surface area contributed by atoms with Crippen LogP contribution >= 0.6 is 15.9 Å². The van der Waals surface area contributed by atoms with E-state index >= 15 is 0 Å². The second-order valence-electron chi connectivity index (χ2n) is 8.24. The lowest BCUT2D eigenvalue weighted by Gasteiger charge is -2.31. The monoisotopic (exact) mass is 540 g/mol. The van der Waals surface area contributed by atoms with Crippen molar-refractivity contribution in [2.75, 3.05) is 13.2 Å². The molecule has 7 heteroatoms. The molecule has 0 fully saturated rings. The zero-order chi connectivity index (χ0) is 25.0. The number of rotatable bonds is 12. The highest BCUT2D eigenvalue weighted by Gasteiger charge is 2.30. The summed E-state index contributed by atoms with van der Waals surface area (Å²) in [6.45, 7) is 2.59. The molecule has 0 saturated carbocycles. The molecular weight excluding hydrogens is 511 g/mol. The van der Waals surface area contributed by atoms with Crippen LogP contribution in [0.4, 0.5) is 4.39 Å². The molecule has 1 N–H and O–H groups in total. The van der Waals surface area contributed by atoms with Crippen LogP contribution in [-0.4, -0.2) is 35.9 Å². The van der Waals surface area contributed by atoms with Crippen molar-refractivity contribution in [3.05, 3.63) is 100 Å². The number of ether oxygens (including phenoxy) is 1. The van der Waals surface area contributed by atoms with Crippen molar-refractivity contribution in [2.24, 2.45) is 0 Å². The maximum absolute atomic E-state index is 13.5. The van der Waals surface area contributed by atoms with Crippen molar-refractivity contribution in [3.63, 3.8) is 0 Å². The van der Waals surface area contributed by atoms with E-state index in [0.717, 1.165) is 28.4 Å². The average Bonchev–Trinajstić information content (AvgIpc) is 2.87. The van der Waals surface area contributed by atoms with Gasteiger partial charge in [-0.05, 0) is 53.9 Å². The van der Waals surface area contributed by atoms with Gasteiger partial charge in [0.1, 0.15) is 17.6 Å². The van der Waals surface area contributed by atoms with E-state index < -0.39 is 6.04 Å². The van der Waals surface area contributed by atoms with E-state index in [1.54, 1.807) is 4.90 Å². The summed E-state index contributed by atoms with van der Waals surface area (Å²) in [4.78, 5) is 28.4. The van der Waals surface area contributed by atoms with Crippen LogP contribution in [0.2, 0.25) is 0 Å². The molecule has 0 radical (unpaired) electrons. The predicted molar refractivity (Wildman–Crippen MR) is 138 cm³/mol. The van der Waals surface area contributed by atoms with Crippen molar-refractivity contribution in [3.8, 4) is 5.75 Å². The molecule has 3 aromatic carbocycles. The summed E-state index contributed by atoms with van der Waals surface area (Å²) in [6, 6.07) is 22.1.